The summed E-state index contributed by atoms with van der Waals surface area (Å²) in [7, 11) is 0. The van der Waals surface area contributed by atoms with Gasteiger partial charge < -0.3 is 15.3 Å². The van der Waals surface area contributed by atoms with Crippen LogP contribution in [-0.2, 0) is 0 Å². The van der Waals surface area contributed by atoms with E-state index in [1.165, 1.54) is 16.8 Å². The second-order valence-corrected chi connectivity index (χ2v) is 5.42. The molecule has 1 aromatic rings. The summed E-state index contributed by atoms with van der Waals surface area (Å²) in [6.45, 7) is 8.53. The van der Waals surface area contributed by atoms with Crippen LogP contribution in [0, 0.1) is 13.8 Å². The fourth-order valence-electron chi connectivity index (χ4n) is 2.57. The minimum atomic E-state index is 0.176. The normalized spacial score (nSPS) is 25.0. The molecule has 2 N–H and O–H groups in total. The Labute approximate surface area is 110 Å². The number of rotatable bonds is 2. The van der Waals surface area contributed by atoms with Crippen LogP contribution in [0.1, 0.15) is 24.5 Å². The van der Waals surface area contributed by atoms with Crippen molar-refractivity contribution < 1.29 is 5.11 Å². The van der Waals surface area contributed by atoms with E-state index >= 15 is 0 Å². The van der Waals surface area contributed by atoms with Crippen LogP contribution in [0.25, 0.3) is 0 Å². The maximum atomic E-state index is 9.61. The lowest BCUT2D eigenvalue weighted by Gasteiger charge is -2.32. The first-order valence-electron chi connectivity index (χ1n) is 6.80. The van der Waals surface area contributed by atoms with Crippen molar-refractivity contribution in [3.8, 4) is 0 Å². The SMILES string of the molecule is Cc1ccc(C)c(N2CCC(C)NCC2CO)c1. The molecule has 18 heavy (non-hydrogen) atoms. The van der Waals surface area contributed by atoms with Crippen molar-refractivity contribution in [1.82, 2.24) is 5.32 Å². The average molecular weight is 248 g/mol. The molecular formula is C15H24N2O. The van der Waals surface area contributed by atoms with Gasteiger partial charge in [-0.25, -0.2) is 0 Å². The van der Waals surface area contributed by atoms with Gasteiger partial charge in [-0.05, 0) is 44.4 Å². The number of aryl methyl sites for hydroxylation is 2. The summed E-state index contributed by atoms with van der Waals surface area (Å²) >= 11 is 0. The van der Waals surface area contributed by atoms with Crippen LogP contribution in [-0.4, -0.2) is 36.9 Å². The molecule has 2 unspecified atom stereocenters. The van der Waals surface area contributed by atoms with E-state index in [4.69, 9.17) is 0 Å². The Bertz CT molecular complexity index is 405. The van der Waals surface area contributed by atoms with Crippen LogP contribution in [0.5, 0.6) is 0 Å². The molecule has 3 heteroatoms. The summed E-state index contributed by atoms with van der Waals surface area (Å²) in [4.78, 5) is 2.36. The van der Waals surface area contributed by atoms with Gasteiger partial charge in [0.25, 0.3) is 0 Å². The Morgan fingerprint density at radius 3 is 2.89 bits per heavy atom. The van der Waals surface area contributed by atoms with E-state index in [1.807, 2.05) is 0 Å². The first-order valence-corrected chi connectivity index (χ1v) is 6.80. The monoisotopic (exact) mass is 248 g/mol. The molecule has 0 saturated carbocycles. The molecule has 2 rings (SSSR count). The second kappa shape index (κ2) is 5.72. The standard InChI is InChI=1S/C15H24N2O/c1-11-4-5-12(2)15(8-11)17-7-6-13(3)16-9-14(17)10-18/h4-5,8,13-14,16,18H,6-7,9-10H2,1-3H3. The Morgan fingerprint density at radius 1 is 1.39 bits per heavy atom. The second-order valence-electron chi connectivity index (χ2n) is 5.42. The van der Waals surface area contributed by atoms with Gasteiger partial charge in [-0.15, -0.1) is 0 Å². The zero-order valence-electron chi connectivity index (χ0n) is 11.6. The van der Waals surface area contributed by atoms with Gasteiger partial charge in [0.15, 0.2) is 0 Å². The fourth-order valence-corrected chi connectivity index (χ4v) is 2.57. The summed E-state index contributed by atoms with van der Waals surface area (Å²) < 4.78 is 0. The van der Waals surface area contributed by atoms with E-state index in [-0.39, 0.29) is 12.6 Å². The number of hydrogen-bond donors (Lipinski definition) is 2. The minimum absolute atomic E-state index is 0.176. The summed E-state index contributed by atoms with van der Waals surface area (Å²) in [5.74, 6) is 0. The van der Waals surface area contributed by atoms with Crippen molar-refractivity contribution in [2.24, 2.45) is 0 Å². The van der Waals surface area contributed by atoms with Crippen LogP contribution in [0.4, 0.5) is 5.69 Å². The van der Waals surface area contributed by atoms with Crippen molar-refractivity contribution in [3.05, 3.63) is 29.3 Å². The zero-order chi connectivity index (χ0) is 13.1. The summed E-state index contributed by atoms with van der Waals surface area (Å²) in [6.07, 6.45) is 1.11. The molecule has 0 aromatic heterocycles. The molecule has 1 saturated heterocycles. The van der Waals surface area contributed by atoms with Gasteiger partial charge in [0, 0.05) is 24.8 Å². The van der Waals surface area contributed by atoms with Crippen molar-refractivity contribution in [1.29, 1.82) is 0 Å². The van der Waals surface area contributed by atoms with E-state index in [9.17, 15) is 5.11 Å². The van der Waals surface area contributed by atoms with E-state index < -0.39 is 0 Å². The number of benzene rings is 1. The molecule has 0 aliphatic carbocycles. The third kappa shape index (κ3) is 2.85. The molecule has 0 amide bonds. The topological polar surface area (TPSA) is 35.5 Å². The van der Waals surface area contributed by atoms with E-state index in [2.05, 4.69) is 49.2 Å². The average Bonchev–Trinajstić information content (AvgIpc) is 2.54. The highest BCUT2D eigenvalue weighted by Gasteiger charge is 2.23. The lowest BCUT2D eigenvalue weighted by atomic mass is 10.1. The number of nitrogens with zero attached hydrogens (tertiary/aromatic N) is 1. The van der Waals surface area contributed by atoms with Crippen LogP contribution < -0.4 is 10.2 Å². The Hall–Kier alpha value is -1.06. The lowest BCUT2D eigenvalue weighted by Crippen LogP contribution is -2.43. The molecule has 1 aliphatic heterocycles. The quantitative estimate of drug-likeness (QED) is 0.838. The van der Waals surface area contributed by atoms with Gasteiger partial charge in [0.1, 0.15) is 0 Å². The van der Waals surface area contributed by atoms with Crippen molar-refractivity contribution >= 4 is 5.69 Å². The molecule has 1 fully saturated rings. The van der Waals surface area contributed by atoms with E-state index in [0.717, 1.165) is 19.5 Å². The third-order valence-corrected chi connectivity index (χ3v) is 3.83. The lowest BCUT2D eigenvalue weighted by molar-refractivity contribution is 0.259. The van der Waals surface area contributed by atoms with Crippen molar-refractivity contribution in [3.63, 3.8) is 0 Å². The molecule has 1 aromatic carbocycles. The molecule has 1 heterocycles. The molecule has 0 radical (unpaired) electrons. The minimum Gasteiger partial charge on any atom is -0.394 e. The Balaban J connectivity index is 2.30. The molecule has 2 atom stereocenters. The summed E-state index contributed by atoms with van der Waals surface area (Å²) in [5, 5.41) is 13.1. The predicted octanol–water partition coefficient (Wildman–Crippen LogP) is 1.85. The molecular weight excluding hydrogens is 224 g/mol. The van der Waals surface area contributed by atoms with Gasteiger partial charge in [-0.3, -0.25) is 0 Å². The van der Waals surface area contributed by atoms with Crippen LogP contribution >= 0.6 is 0 Å². The number of anilines is 1. The molecule has 100 valence electrons. The number of aliphatic hydroxyl groups is 1. The highest BCUT2D eigenvalue weighted by atomic mass is 16.3. The molecule has 0 spiro atoms. The Morgan fingerprint density at radius 2 is 2.17 bits per heavy atom. The number of hydrogen-bond acceptors (Lipinski definition) is 3. The van der Waals surface area contributed by atoms with Gasteiger partial charge in [-0.1, -0.05) is 12.1 Å². The van der Waals surface area contributed by atoms with Gasteiger partial charge in [0.2, 0.25) is 0 Å². The Kier molecular flexibility index (Phi) is 4.25. The first kappa shape index (κ1) is 13.4. The van der Waals surface area contributed by atoms with E-state index in [1.54, 1.807) is 0 Å². The summed E-state index contributed by atoms with van der Waals surface area (Å²) in [5.41, 5.74) is 3.83. The predicted molar refractivity (Wildman–Crippen MR) is 76.2 cm³/mol. The van der Waals surface area contributed by atoms with Crippen molar-refractivity contribution in [2.45, 2.75) is 39.3 Å². The molecule has 3 nitrogen and oxygen atoms in total. The van der Waals surface area contributed by atoms with Gasteiger partial charge >= 0.3 is 0 Å². The van der Waals surface area contributed by atoms with Gasteiger partial charge in [0.05, 0.1) is 12.6 Å². The highest BCUT2D eigenvalue weighted by Crippen LogP contribution is 2.25. The van der Waals surface area contributed by atoms with Crippen LogP contribution in [0.3, 0.4) is 0 Å². The third-order valence-electron chi connectivity index (χ3n) is 3.83. The summed E-state index contributed by atoms with van der Waals surface area (Å²) in [6, 6.07) is 7.24. The van der Waals surface area contributed by atoms with E-state index in [0.29, 0.717) is 6.04 Å². The molecule has 1 aliphatic rings. The van der Waals surface area contributed by atoms with Crippen LogP contribution in [0.2, 0.25) is 0 Å². The van der Waals surface area contributed by atoms with Crippen molar-refractivity contribution in [2.75, 3.05) is 24.6 Å². The maximum Gasteiger partial charge on any atom is 0.0647 e. The smallest absolute Gasteiger partial charge is 0.0647 e. The number of aliphatic hydroxyl groups excluding tert-OH is 1. The first-order chi connectivity index (χ1) is 8.61. The van der Waals surface area contributed by atoms with Crippen LogP contribution in [0.15, 0.2) is 18.2 Å². The number of nitrogens with one attached hydrogen (secondary N) is 1. The fraction of sp³-hybridized carbons (Fsp3) is 0.600. The van der Waals surface area contributed by atoms with Gasteiger partial charge in [-0.2, -0.15) is 0 Å². The highest BCUT2D eigenvalue weighted by molar-refractivity contribution is 5.56. The largest absolute Gasteiger partial charge is 0.394 e. The zero-order valence-corrected chi connectivity index (χ0v) is 11.6. The maximum absolute atomic E-state index is 9.61. The molecule has 0 bridgehead atoms.